The minimum absolute atomic E-state index is 0.168. The fourth-order valence-electron chi connectivity index (χ4n) is 1.89. The van der Waals surface area contributed by atoms with Gasteiger partial charge in [-0.15, -0.1) is 0 Å². The van der Waals surface area contributed by atoms with Gasteiger partial charge in [-0.1, -0.05) is 20.8 Å². The van der Waals surface area contributed by atoms with Gasteiger partial charge in [-0.3, -0.25) is 4.79 Å². The van der Waals surface area contributed by atoms with E-state index < -0.39 is 0 Å². The summed E-state index contributed by atoms with van der Waals surface area (Å²) in [5.41, 5.74) is 0. The molecule has 0 aliphatic carbocycles. The first kappa shape index (κ1) is 16.4. The molecule has 0 fully saturated rings. The van der Waals surface area contributed by atoms with Gasteiger partial charge in [0.15, 0.2) is 0 Å². The van der Waals surface area contributed by atoms with Gasteiger partial charge in [0.25, 0.3) is 0 Å². The van der Waals surface area contributed by atoms with Crippen LogP contribution in [-0.2, 0) is 9.53 Å². The van der Waals surface area contributed by atoms with Crippen LogP contribution in [0.2, 0.25) is 0 Å². The molecular weight excluding hydrogens is 216 g/mol. The van der Waals surface area contributed by atoms with Crippen LogP contribution in [0, 0.1) is 0 Å². The minimum Gasteiger partial charge on any atom is -0.468 e. The molecule has 0 aromatic carbocycles. The summed E-state index contributed by atoms with van der Waals surface area (Å²) in [6, 6.07) is 0.596. The summed E-state index contributed by atoms with van der Waals surface area (Å²) in [7, 11) is 1.44. The van der Waals surface area contributed by atoms with Crippen LogP contribution in [0.5, 0.6) is 0 Å². The Morgan fingerprint density at radius 3 is 2.24 bits per heavy atom. The molecule has 0 saturated carbocycles. The number of carbonyl (C=O) groups is 1. The van der Waals surface area contributed by atoms with E-state index in [0.717, 1.165) is 19.5 Å². The van der Waals surface area contributed by atoms with E-state index in [2.05, 4.69) is 31.0 Å². The van der Waals surface area contributed by atoms with Crippen LogP contribution in [0.3, 0.4) is 0 Å². The number of ether oxygens (including phenoxy) is 1. The van der Waals surface area contributed by atoms with Crippen molar-refractivity contribution in [1.29, 1.82) is 0 Å². The Kier molecular flexibility index (Phi) is 8.17. The Hall–Kier alpha value is -0.610. The van der Waals surface area contributed by atoms with Crippen molar-refractivity contribution in [2.24, 2.45) is 0 Å². The maximum atomic E-state index is 11.6. The normalized spacial score (nSPS) is 13.5. The number of carbonyl (C=O) groups excluding carboxylic acids is 1. The van der Waals surface area contributed by atoms with E-state index in [4.69, 9.17) is 4.74 Å². The Labute approximate surface area is 106 Å². The molecule has 1 N–H and O–H groups in total. The highest BCUT2D eigenvalue weighted by Gasteiger charge is 2.20. The van der Waals surface area contributed by atoms with Crippen molar-refractivity contribution in [2.75, 3.05) is 20.2 Å². The molecule has 0 aliphatic heterocycles. The molecule has 4 heteroatoms. The van der Waals surface area contributed by atoms with Crippen molar-refractivity contribution < 1.29 is 9.53 Å². The highest BCUT2D eigenvalue weighted by Crippen LogP contribution is 2.04. The van der Waals surface area contributed by atoms with Crippen molar-refractivity contribution in [1.82, 2.24) is 10.2 Å². The standard InChI is InChI=1S/C13H28N2O2/c1-7-15(11(4)5)9-8-12(13(16)17-6)14-10(2)3/h10-12,14H,7-9H2,1-6H3. The topological polar surface area (TPSA) is 41.6 Å². The Morgan fingerprint density at radius 1 is 1.29 bits per heavy atom. The largest absolute Gasteiger partial charge is 0.468 e. The predicted molar refractivity (Wildman–Crippen MR) is 71.1 cm³/mol. The lowest BCUT2D eigenvalue weighted by molar-refractivity contribution is -0.143. The zero-order chi connectivity index (χ0) is 13.4. The molecule has 4 nitrogen and oxygen atoms in total. The van der Waals surface area contributed by atoms with E-state index in [1.807, 2.05) is 13.8 Å². The van der Waals surface area contributed by atoms with Crippen LogP contribution in [-0.4, -0.2) is 49.2 Å². The Bertz CT molecular complexity index is 217. The summed E-state index contributed by atoms with van der Waals surface area (Å²) in [5, 5.41) is 3.25. The SMILES string of the molecule is CCN(CCC(NC(C)C)C(=O)OC)C(C)C. The first-order chi connectivity index (χ1) is 7.92. The van der Waals surface area contributed by atoms with Crippen molar-refractivity contribution >= 4 is 5.97 Å². The molecular formula is C13H28N2O2. The van der Waals surface area contributed by atoms with Crippen LogP contribution in [0.4, 0.5) is 0 Å². The molecule has 0 heterocycles. The van der Waals surface area contributed by atoms with Gasteiger partial charge in [0.2, 0.25) is 0 Å². The molecule has 0 spiro atoms. The number of nitrogens with zero attached hydrogens (tertiary/aromatic N) is 1. The van der Waals surface area contributed by atoms with Gasteiger partial charge in [-0.25, -0.2) is 0 Å². The molecule has 0 saturated heterocycles. The molecule has 17 heavy (non-hydrogen) atoms. The number of nitrogens with one attached hydrogen (secondary N) is 1. The van der Waals surface area contributed by atoms with Gasteiger partial charge in [0.05, 0.1) is 7.11 Å². The summed E-state index contributed by atoms with van der Waals surface area (Å²) in [5.74, 6) is -0.168. The number of methoxy groups -OCH3 is 1. The molecule has 0 bridgehead atoms. The molecule has 1 atom stereocenters. The molecule has 102 valence electrons. The van der Waals surface area contributed by atoms with Gasteiger partial charge >= 0.3 is 5.97 Å². The Morgan fingerprint density at radius 2 is 1.88 bits per heavy atom. The van der Waals surface area contributed by atoms with Gasteiger partial charge in [-0.2, -0.15) is 0 Å². The van der Waals surface area contributed by atoms with Crippen LogP contribution < -0.4 is 5.32 Å². The fourth-order valence-corrected chi connectivity index (χ4v) is 1.89. The van der Waals surface area contributed by atoms with Crippen LogP contribution in [0.25, 0.3) is 0 Å². The third-order valence-electron chi connectivity index (χ3n) is 2.86. The van der Waals surface area contributed by atoms with E-state index in [-0.39, 0.29) is 18.1 Å². The van der Waals surface area contributed by atoms with E-state index in [9.17, 15) is 4.79 Å². The van der Waals surface area contributed by atoms with Gasteiger partial charge < -0.3 is 15.0 Å². The van der Waals surface area contributed by atoms with Crippen molar-refractivity contribution in [3.05, 3.63) is 0 Å². The maximum Gasteiger partial charge on any atom is 0.322 e. The summed E-state index contributed by atoms with van der Waals surface area (Å²) < 4.78 is 4.82. The number of rotatable bonds is 8. The zero-order valence-electron chi connectivity index (χ0n) is 12.1. The van der Waals surface area contributed by atoms with Gasteiger partial charge in [0, 0.05) is 18.6 Å². The maximum absolute atomic E-state index is 11.6. The van der Waals surface area contributed by atoms with Crippen molar-refractivity contribution in [3.8, 4) is 0 Å². The lowest BCUT2D eigenvalue weighted by atomic mass is 10.1. The summed E-state index contributed by atoms with van der Waals surface area (Å²) in [6.45, 7) is 12.5. The smallest absolute Gasteiger partial charge is 0.322 e. The second kappa shape index (κ2) is 8.48. The molecule has 1 unspecified atom stereocenters. The predicted octanol–water partition coefficient (Wildman–Crippen LogP) is 1.65. The first-order valence-corrected chi connectivity index (χ1v) is 6.50. The average molecular weight is 244 g/mol. The molecule has 0 aromatic rings. The second-order valence-electron chi connectivity index (χ2n) is 4.91. The van der Waals surface area contributed by atoms with Crippen LogP contribution in [0.1, 0.15) is 41.0 Å². The van der Waals surface area contributed by atoms with Crippen LogP contribution >= 0.6 is 0 Å². The quantitative estimate of drug-likeness (QED) is 0.659. The zero-order valence-corrected chi connectivity index (χ0v) is 12.1. The summed E-state index contributed by atoms with van der Waals surface area (Å²) in [6.07, 6.45) is 0.789. The highest BCUT2D eigenvalue weighted by molar-refractivity contribution is 5.75. The molecule has 0 rings (SSSR count). The van der Waals surface area contributed by atoms with Crippen molar-refractivity contribution in [2.45, 2.75) is 59.2 Å². The molecule has 0 aromatic heterocycles. The van der Waals surface area contributed by atoms with E-state index >= 15 is 0 Å². The lowest BCUT2D eigenvalue weighted by Crippen LogP contribution is -2.44. The van der Waals surface area contributed by atoms with E-state index in [0.29, 0.717) is 6.04 Å². The summed E-state index contributed by atoms with van der Waals surface area (Å²) >= 11 is 0. The van der Waals surface area contributed by atoms with Crippen LogP contribution in [0.15, 0.2) is 0 Å². The summed E-state index contributed by atoms with van der Waals surface area (Å²) in [4.78, 5) is 14.0. The monoisotopic (exact) mass is 244 g/mol. The fraction of sp³-hybridized carbons (Fsp3) is 0.923. The lowest BCUT2D eigenvalue weighted by Gasteiger charge is -2.27. The van der Waals surface area contributed by atoms with Gasteiger partial charge in [-0.05, 0) is 26.8 Å². The molecule has 0 aliphatic rings. The number of hydrogen-bond acceptors (Lipinski definition) is 4. The number of esters is 1. The van der Waals surface area contributed by atoms with Crippen molar-refractivity contribution in [3.63, 3.8) is 0 Å². The Balaban J connectivity index is 4.28. The third-order valence-corrected chi connectivity index (χ3v) is 2.86. The minimum atomic E-state index is -0.201. The van der Waals surface area contributed by atoms with Gasteiger partial charge in [0.1, 0.15) is 6.04 Å². The van der Waals surface area contributed by atoms with E-state index in [1.54, 1.807) is 0 Å². The molecule has 0 amide bonds. The third kappa shape index (κ3) is 6.64. The number of hydrogen-bond donors (Lipinski definition) is 1. The molecule has 0 radical (unpaired) electrons. The highest BCUT2D eigenvalue weighted by atomic mass is 16.5. The first-order valence-electron chi connectivity index (χ1n) is 6.50. The van der Waals surface area contributed by atoms with E-state index in [1.165, 1.54) is 7.11 Å². The second-order valence-corrected chi connectivity index (χ2v) is 4.91. The average Bonchev–Trinajstić information content (AvgIpc) is 2.26.